The van der Waals surface area contributed by atoms with Crippen molar-refractivity contribution in [2.24, 2.45) is 0 Å². The van der Waals surface area contributed by atoms with E-state index in [4.69, 9.17) is 5.11 Å². The van der Waals surface area contributed by atoms with E-state index in [1.165, 1.54) is 4.90 Å². The molecule has 82 valence electrons. The quantitative estimate of drug-likeness (QED) is 0.662. The summed E-state index contributed by atoms with van der Waals surface area (Å²) in [7, 11) is 0. The van der Waals surface area contributed by atoms with E-state index < -0.39 is 11.9 Å². The van der Waals surface area contributed by atoms with Crippen molar-refractivity contribution in [3.05, 3.63) is 0 Å². The Kier molecular flexibility index (Phi) is 6.80. The molecule has 0 aliphatic heterocycles. The van der Waals surface area contributed by atoms with Gasteiger partial charge in [-0.1, -0.05) is 26.7 Å². The van der Waals surface area contributed by atoms with Gasteiger partial charge in [-0.3, -0.25) is 4.79 Å². The van der Waals surface area contributed by atoms with Crippen molar-refractivity contribution in [1.82, 2.24) is 4.90 Å². The second-order valence-corrected chi connectivity index (χ2v) is 3.30. The zero-order valence-corrected chi connectivity index (χ0v) is 8.95. The third kappa shape index (κ3) is 4.84. The second-order valence-electron chi connectivity index (χ2n) is 3.30. The number of carboxylic acid groups (broad SMARTS) is 1. The number of hydrogen-bond donors (Lipinski definition) is 1. The van der Waals surface area contributed by atoms with Gasteiger partial charge in [0, 0.05) is 13.1 Å². The smallest absolute Gasteiger partial charge is 0.394 e. The van der Waals surface area contributed by atoms with E-state index >= 15 is 0 Å². The Balaban J connectivity index is 4.08. The summed E-state index contributed by atoms with van der Waals surface area (Å²) in [4.78, 5) is 23.1. The number of hydrogen-bond acceptors (Lipinski definition) is 2. The van der Waals surface area contributed by atoms with Crippen LogP contribution in [-0.2, 0) is 9.59 Å². The highest BCUT2D eigenvalue weighted by atomic mass is 16.4. The maximum Gasteiger partial charge on any atom is 0.394 e. The van der Waals surface area contributed by atoms with Gasteiger partial charge in [0.15, 0.2) is 0 Å². The van der Waals surface area contributed by atoms with Crippen LogP contribution in [0.3, 0.4) is 0 Å². The minimum atomic E-state index is -1.35. The summed E-state index contributed by atoms with van der Waals surface area (Å²) < 4.78 is 0. The highest BCUT2D eigenvalue weighted by Crippen LogP contribution is 1.99. The SMILES string of the molecule is CCCCN(CCCC)C(=O)C(=O)O. The molecule has 0 aromatic rings. The van der Waals surface area contributed by atoms with Gasteiger partial charge in [0.2, 0.25) is 0 Å². The Morgan fingerprint density at radius 2 is 1.50 bits per heavy atom. The molecule has 1 amide bonds. The molecule has 0 saturated carbocycles. The predicted octanol–water partition coefficient (Wildman–Crippen LogP) is 1.50. The fraction of sp³-hybridized carbons (Fsp3) is 0.800. The first-order valence-electron chi connectivity index (χ1n) is 5.15. The summed E-state index contributed by atoms with van der Waals surface area (Å²) in [5.41, 5.74) is 0. The number of aliphatic carboxylic acids is 1. The van der Waals surface area contributed by atoms with Crippen LogP contribution in [0.1, 0.15) is 39.5 Å². The number of rotatable bonds is 6. The van der Waals surface area contributed by atoms with Crippen LogP contribution in [0.4, 0.5) is 0 Å². The molecule has 14 heavy (non-hydrogen) atoms. The van der Waals surface area contributed by atoms with Crippen molar-refractivity contribution < 1.29 is 14.7 Å². The van der Waals surface area contributed by atoms with E-state index in [0.717, 1.165) is 25.7 Å². The summed E-state index contributed by atoms with van der Waals surface area (Å²) >= 11 is 0. The summed E-state index contributed by atoms with van der Waals surface area (Å²) in [5.74, 6) is -2.12. The minimum absolute atomic E-state index is 0.557. The summed E-state index contributed by atoms with van der Waals surface area (Å²) in [5, 5.41) is 8.56. The van der Waals surface area contributed by atoms with Gasteiger partial charge in [-0.05, 0) is 12.8 Å². The third-order valence-corrected chi connectivity index (χ3v) is 2.03. The highest BCUT2D eigenvalue weighted by molar-refractivity contribution is 6.31. The first kappa shape index (κ1) is 12.9. The molecule has 1 N–H and O–H groups in total. The van der Waals surface area contributed by atoms with Gasteiger partial charge < -0.3 is 10.0 Å². The van der Waals surface area contributed by atoms with Gasteiger partial charge in [-0.15, -0.1) is 0 Å². The summed E-state index contributed by atoms with van der Waals surface area (Å²) in [6.45, 7) is 5.15. The number of carbonyl (C=O) groups excluding carboxylic acids is 1. The molecule has 0 spiro atoms. The molecule has 4 heteroatoms. The third-order valence-electron chi connectivity index (χ3n) is 2.03. The Hall–Kier alpha value is -1.06. The van der Waals surface area contributed by atoms with Crippen LogP contribution >= 0.6 is 0 Å². The van der Waals surface area contributed by atoms with Crippen LogP contribution in [0.5, 0.6) is 0 Å². The number of amides is 1. The van der Waals surface area contributed by atoms with E-state index in [-0.39, 0.29) is 0 Å². The summed E-state index contributed by atoms with van der Waals surface area (Å²) in [6.07, 6.45) is 3.66. The van der Waals surface area contributed by atoms with Crippen molar-refractivity contribution >= 4 is 11.9 Å². The van der Waals surface area contributed by atoms with Gasteiger partial charge in [0.25, 0.3) is 0 Å². The van der Waals surface area contributed by atoms with Crippen LogP contribution in [0.15, 0.2) is 0 Å². The van der Waals surface area contributed by atoms with Crippen molar-refractivity contribution in [2.45, 2.75) is 39.5 Å². The molecule has 0 unspecified atom stereocenters. The fourth-order valence-corrected chi connectivity index (χ4v) is 1.15. The maximum absolute atomic E-state index is 11.2. The summed E-state index contributed by atoms with van der Waals surface area (Å²) in [6, 6.07) is 0. The second kappa shape index (κ2) is 7.35. The molecule has 0 rings (SSSR count). The average molecular weight is 201 g/mol. The van der Waals surface area contributed by atoms with Crippen molar-refractivity contribution in [3.63, 3.8) is 0 Å². The molecular formula is C10H19NO3. The van der Waals surface area contributed by atoms with Crippen molar-refractivity contribution in [1.29, 1.82) is 0 Å². The number of unbranched alkanes of at least 4 members (excludes halogenated alkanes) is 2. The minimum Gasteiger partial charge on any atom is -0.474 e. The zero-order valence-electron chi connectivity index (χ0n) is 8.95. The molecule has 0 radical (unpaired) electrons. The first-order chi connectivity index (χ1) is 6.63. The lowest BCUT2D eigenvalue weighted by molar-refractivity contribution is -0.156. The predicted molar refractivity (Wildman–Crippen MR) is 54.0 cm³/mol. The van der Waals surface area contributed by atoms with Gasteiger partial charge in [-0.25, -0.2) is 4.79 Å². The van der Waals surface area contributed by atoms with Gasteiger partial charge in [0.05, 0.1) is 0 Å². The molecule has 0 fully saturated rings. The molecule has 0 aliphatic carbocycles. The van der Waals surface area contributed by atoms with Gasteiger partial charge >= 0.3 is 11.9 Å². The van der Waals surface area contributed by atoms with Gasteiger partial charge in [0.1, 0.15) is 0 Å². The Morgan fingerprint density at radius 1 is 1.07 bits per heavy atom. The van der Waals surface area contributed by atoms with Crippen LogP contribution in [0.2, 0.25) is 0 Å². The highest BCUT2D eigenvalue weighted by Gasteiger charge is 2.19. The van der Waals surface area contributed by atoms with E-state index in [9.17, 15) is 9.59 Å². The van der Waals surface area contributed by atoms with Crippen LogP contribution in [-0.4, -0.2) is 35.0 Å². The number of nitrogens with zero attached hydrogens (tertiary/aromatic N) is 1. The molecule has 4 nitrogen and oxygen atoms in total. The standard InChI is InChI=1S/C10H19NO3/c1-3-5-7-11(8-6-4-2)9(12)10(13)14/h3-8H2,1-2H3,(H,13,14). The van der Waals surface area contributed by atoms with Crippen molar-refractivity contribution in [3.8, 4) is 0 Å². The Morgan fingerprint density at radius 3 is 1.79 bits per heavy atom. The van der Waals surface area contributed by atoms with Crippen LogP contribution < -0.4 is 0 Å². The molecule has 0 aliphatic rings. The molecule has 0 aromatic carbocycles. The first-order valence-corrected chi connectivity index (χ1v) is 5.15. The van der Waals surface area contributed by atoms with Crippen LogP contribution in [0.25, 0.3) is 0 Å². The zero-order chi connectivity index (χ0) is 11.0. The maximum atomic E-state index is 11.2. The number of carboxylic acids is 1. The largest absolute Gasteiger partial charge is 0.474 e. The monoisotopic (exact) mass is 201 g/mol. The van der Waals surface area contributed by atoms with E-state index in [2.05, 4.69) is 0 Å². The average Bonchev–Trinajstić information content (AvgIpc) is 2.17. The van der Waals surface area contributed by atoms with Crippen molar-refractivity contribution in [2.75, 3.05) is 13.1 Å². The van der Waals surface area contributed by atoms with E-state index in [1.54, 1.807) is 0 Å². The molecule has 0 saturated heterocycles. The Labute approximate surface area is 84.9 Å². The lowest BCUT2D eigenvalue weighted by Crippen LogP contribution is -2.37. The topological polar surface area (TPSA) is 57.6 Å². The Bertz CT molecular complexity index is 184. The van der Waals surface area contributed by atoms with Gasteiger partial charge in [-0.2, -0.15) is 0 Å². The molecule has 0 atom stereocenters. The lowest BCUT2D eigenvalue weighted by atomic mass is 10.2. The van der Waals surface area contributed by atoms with E-state index in [0.29, 0.717) is 13.1 Å². The lowest BCUT2D eigenvalue weighted by Gasteiger charge is -2.19. The molecule has 0 bridgehead atoms. The fourth-order valence-electron chi connectivity index (χ4n) is 1.15. The number of carbonyl (C=O) groups is 2. The molecule has 0 aromatic heterocycles. The molecular weight excluding hydrogens is 182 g/mol. The normalized spacial score (nSPS) is 9.86. The van der Waals surface area contributed by atoms with Crippen LogP contribution in [0, 0.1) is 0 Å². The molecule has 0 heterocycles. The van der Waals surface area contributed by atoms with E-state index in [1.807, 2.05) is 13.8 Å².